The van der Waals surface area contributed by atoms with E-state index in [-0.39, 0.29) is 44.0 Å². The molecule has 1 aromatic carbocycles. The fourth-order valence-corrected chi connectivity index (χ4v) is 9.23. The first-order valence-electron chi connectivity index (χ1n) is 18.8. The van der Waals surface area contributed by atoms with Crippen molar-refractivity contribution in [2.24, 2.45) is 17.8 Å². The minimum atomic E-state index is -4.39. The molecule has 4 amide bonds. The van der Waals surface area contributed by atoms with E-state index in [9.17, 15) is 37.1 Å². The number of allylic oxidation sites excluding steroid dienone is 1. The summed E-state index contributed by atoms with van der Waals surface area (Å²) in [6, 6.07) is 4.89. The molecule has 2 saturated carbocycles. The lowest BCUT2D eigenvalue weighted by Gasteiger charge is -2.32. The molecule has 7 atom stereocenters. The number of sulfonamides is 1. The average Bonchev–Trinajstić information content (AvgIpc) is 4.05. The molecule has 4 N–H and O–H groups in total. The molecule has 15 nitrogen and oxygen atoms in total. The van der Waals surface area contributed by atoms with Gasteiger partial charge in [-0.25, -0.2) is 17.6 Å². The summed E-state index contributed by atoms with van der Waals surface area (Å²) in [6.07, 6.45) is 3.48. The smallest absolute Gasteiger partial charge is 0.405 e. The van der Waals surface area contributed by atoms with E-state index in [1.54, 1.807) is 32.2 Å². The number of carbonyl (C=O) groups is 4. The maximum atomic E-state index is 14.5. The van der Waals surface area contributed by atoms with Crippen LogP contribution < -0.4 is 29.7 Å². The van der Waals surface area contributed by atoms with Crippen molar-refractivity contribution >= 4 is 50.4 Å². The quantitative estimate of drug-likeness (QED) is 0.257. The first-order valence-corrected chi connectivity index (χ1v) is 20.3. The van der Waals surface area contributed by atoms with Gasteiger partial charge < -0.3 is 35.0 Å². The number of benzene rings is 1. The van der Waals surface area contributed by atoms with Gasteiger partial charge in [0.1, 0.15) is 46.7 Å². The third-order valence-corrected chi connectivity index (χ3v) is 13.8. The number of methoxy groups -OCH3 is 1. The predicted molar refractivity (Wildman–Crippen MR) is 202 cm³/mol. The molecule has 0 unspecified atom stereocenters. The first kappa shape index (κ1) is 40.0. The molecule has 3 fully saturated rings. The van der Waals surface area contributed by atoms with Crippen LogP contribution in [-0.4, -0.2) is 110 Å². The van der Waals surface area contributed by atoms with Crippen LogP contribution in [0.4, 0.5) is 15.0 Å². The number of nitrogens with zero attached hydrogens (tertiary/aromatic N) is 3. The molecule has 2 aliphatic carbocycles. The summed E-state index contributed by atoms with van der Waals surface area (Å²) in [6.45, 7) is 5.17. The van der Waals surface area contributed by atoms with Crippen LogP contribution in [0.15, 0.2) is 36.4 Å². The number of hydrogen-bond acceptors (Lipinski definition) is 10. The SMILES string of the molecule is CCN(C)c1cc2cc(OC)ccc2c(O[C@@H]2C[C@H]3C(=O)N[C@]4(C(=O)NS(=O)(=O)C5(CF)CC5)C[C@H]4/C=C\CC[C@H](C)C[C@@H](C)[C@H](NC(=O)O)C(=O)N3C2)n1. The molecule has 2 aliphatic heterocycles. The Hall–Kier alpha value is -4.67. The lowest BCUT2D eigenvalue weighted by atomic mass is 9.88. The summed E-state index contributed by atoms with van der Waals surface area (Å²) < 4.78 is 52.5. The molecule has 1 aromatic heterocycles. The molecule has 2 aromatic rings. The molecular formula is C38H51FN6O9S. The third kappa shape index (κ3) is 8.03. The zero-order chi connectivity index (χ0) is 39.9. The lowest BCUT2D eigenvalue weighted by molar-refractivity contribution is -0.142. The van der Waals surface area contributed by atoms with Crippen molar-refractivity contribution in [1.82, 2.24) is 25.2 Å². The highest BCUT2D eigenvalue weighted by molar-refractivity contribution is 7.91. The number of pyridine rings is 1. The Balaban J connectivity index is 1.36. The number of ether oxygens (including phenoxy) is 2. The van der Waals surface area contributed by atoms with Crippen molar-refractivity contribution in [2.75, 3.05) is 38.8 Å². The van der Waals surface area contributed by atoms with Gasteiger partial charge in [-0.1, -0.05) is 26.0 Å². The molecule has 1 saturated heterocycles. The largest absolute Gasteiger partial charge is 0.497 e. The monoisotopic (exact) mass is 786 g/mol. The van der Waals surface area contributed by atoms with Gasteiger partial charge in [0.15, 0.2) is 0 Å². The number of hydrogen-bond donors (Lipinski definition) is 4. The number of amides is 4. The molecule has 17 heteroatoms. The second kappa shape index (κ2) is 15.5. The van der Waals surface area contributed by atoms with E-state index in [0.717, 1.165) is 5.39 Å². The van der Waals surface area contributed by atoms with Crippen molar-refractivity contribution in [2.45, 2.75) is 94.2 Å². The van der Waals surface area contributed by atoms with Crippen LogP contribution >= 0.6 is 0 Å². The summed E-state index contributed by atoms with van der Waals surface area (Å²) >= 11 is 0. The Morgan fingerprint density at radius 3 is 2.58 bits per heavy atom. The predicted octanol–water partition coefficient (Wildman–Crippen LogP) is 3.52. The number of anilines is 1. The molecule has 0 bridgehead atoms. The van der Waals surface area contributed by atoms with Gasteiger partial charge in [0.25, 0.3) is 5.91 Å². The fourth-order valence-electron chi connectivity index (χ4n) is 7.81. The van der Waals surface area contributed by atoms with E-state index in [1.165, 1.54) is 4.90 Å². The second-order valence-corrected chi connectivity index (χ2v) is 17.7. The number of aromatic nitrogens is 1. The van der Waals surface area contributed by atoms with Crippen LogP contribution in [0.5, 0.6) is 11.6 Å². The summed E-state index contributed by atoms with van der Waals surface area (Å²) in [5, 5.41) is 16.4. The van der Waals surface area contributed by atoms with Crippen LogP contribution in [-0.2, 0) is 24.4 Å². The molecule has 0 spiro atoms. The van der Waals surface area contributed by atoms with Crippen LogP contribution in [0.2, 0.25) is 0 Å². The maximum Gasteiger partial charge on any atom is 0.405 e. The van der Waals surface area contributed by atoms with Crippen molar-refractivity contribution in [3.8, 4) is 11.6 Å². The van der Waals surface area contributed by atoms with E-state index >= 15 is 0 Å². The minimum absolute atomic E-state index is 0.0449. The first-order chi connectivity index (χ1) is 26.1. The molecule has 4 aliphatic rings. The van der Waals surface area contributed by atoms with Gasteiger partial charge in [0.05, 0.1) is 13.7 Å². The number of fused-ring (bicyclic) bond motifs is 3. The number of carboxylic acid groups (broad SMARTS) is 1. The number of rotatable bonds is 10. The lowest BCUT2D eigenvalue weighted by Crippen LogP contribution is -2.59. The zero-order valence-corrected chi connectivity index (χ0v) is 32.7. The number of nitrogens with one attached hydrogen (secondary N) is 3. The molecule has 55 heavy (non-hydrogen) atoms. The van der Waals surface area contributed by atoms with Crippen molar-refractivity contribution in [3.63, 3.8) is 0 Å². The molecule has 6 rings (SSSR count). The van der Waals surface area contributed by atoms with Crippen LogP contribution in [0.25, 0.3) is 10.8 Å². The van der Waals surface area contributed by atoms with E-state index in [0.29, 0.717) is 42.8 Å². The summed E-state index contributed by atoms with van der Waals surface area (Å²) in [4.78, 5) is 62.8. The van der Waals surface area contributed by atoms with Gasteiger partial charge in [0.2, 0.25) is 27.7 Å². The highest BCUT2D eigenvalue weighted by atomic mass is 32.2. The van der Waals surface area contributed by atoms with E-state index in [1.807, 2.05) is 44.0 Å². The van der Waals surface area contributed by atoms with Gasteiger partial charge in [-0.3, -0.25) is 19.1 Å². The van der Waals surface area contributed by atoms with Gasteiger partial charge in [-0.2, -0.15) is 4.98 Å². The third-order valence-electron chi connectivity index (χ3n) is 11.7. The second-order valence-electron chi connectivity index (χ2n) is 15.6. The molecule has 3 heterocycles. The van der Waals surface area contributed by atoms with Gasteiger partial charge in [-0.05, 0) is 86.9 Å². The summed E-state index contributed by atoms with van der Waals surface area (Å²) in [5.41, 5.74) is -1.67. The van der Waals surface area contributed by atoms with Gasteiger partial charge >= 0.3 is 6.09 Å². The minimum Gasteiger partial charge on any atom is -0.497 e. The number of halogens is 1. The number of carbonyl (C=O) groups excluding carboxylic acids is 3. The van der Waals surface area contributed by atoms with Gasteiger partial charge in [-0.15, -0.1) is 0 Å². The Kier molecular flexibility index (Phi) is 11.2. The standard InChI is InChI=1S/C38H51FN6O9S/c1-6-44(4)30-17-24-16-26(53-5)11-12-28(24)33(40-30)54-27-18-29-32(46)42-38(35(48)43-55(51,52)37(21-39)13-14-37)19-25(38)10-8-7-9-22(2)15-23(3)31(41-36(49)50)34(47)45(29)20-27/h8,10-12,16-17,22-23,25,27,29,31,41H,6-7,9,13-15,18-21H2,1-5H3,(H,42,46)(H,43,48)(H,49,50)/b10-8-/t22-,23+,25+,27+,29-,31-,38+/m0/s1. The number of alkyl halides is 1. The highest BCUT2D eigenvalue weighted by Crippen LogP contribution is 2.48. The van der Waals surface area contributed by atoms with Crippen molar-refractivity contribution < 1.29 is 46.6 Å². The Morgan fingerprint density at radius 1 is 1.18 bits per heavy atom. The van der Waals surface area contributed by atoms with Crippen LogP contribution in [0.3, 0.4) is 0 Å². The maximum absolute atomic E-state index is 14.5. The Morgan fingerprint density at radius 2 is 1.93 bits per heavy atom. The van der Waals surface area contributed by atoms with Crippen LogP contribution in [0.1, 0.15) is 65.7 Å². The van der Waals surface area contributed by atoms with E-state index in [2.05, 4.69) is 15.4 Å². The normalized spacial score (nSPS) is 29.7. The van der Waals surface area contributed by atoms with Gasteiger partial charge in [0, 0.05) is 31.3 Å². The summed E-state index contributed by atoms with van der Waals surface area (Å²) in [7, 11) is -0.951. The average molecular weight is 787 g/mol. The highest BCUT2D eigenvalue weighted by Gasteiger charge is 2.64. The molecule has 300 valence electrons. The van der Waals surface area contributed by atoms with Crippen LogP contribution in [0, 0.1) is 17.8 Å². The zero-order valence-electron chi connectivity index (χ0n) is 31.8. The van der Waals surface area contributed by atoms with E-state index in [4.69, 9.17) is 14.5 Å². The van der Waals surface area contributed by atoms with Crippen molar-refractivity contribution in [3.05, 3.63) is 36.4 Å². The Bertz CT molecular complexity index is 1980. The fraction of sp³-hybridized carbons (Fsp3) is 0.605. The topological polar surface area (TPSA) is 197 Å². The Labute approximate surface area is 320 Å². The molecular weight excluding hydrogens is 736 g/mol. The van der Waals surface area contributed by atoms with Crippen molar-refractivity contribution in [1.29, 1.82) is 0 Å². The summed E-state index contributed by atoms with van der Waals surface area (Å²) in [5.74, 6) is -1.76. The molecule has 0 radical (unpaired) electrons. The van der Waals surface area contributed by atoms with E-state index < -0.39 is 80.8 Å².